The van der Waals surface area contributed by atoms with Gasteiger partial charge in [0.1, 0.15) is 0 Å². The molecule has 0 bridgehead atoms. The van der Waals surface area contributed by atoms with Crippen LogP contribution in [0.25, 0.3) is 0 Å². The lowest BCUT2D eigenvalue weighted by Gasteiger charge is -2.30. The highest BCUT2D eigenvalue weighted by Crippen LogP contribution is 2.23. The van der Waals surface area contributed by atoms with E-state index in [4.69, 9.17) is 15.7 Å². The van der Waals surface area contributed by atoms with Crippen LogP contribution in [-0.2, 0) is 4.74 Å². The number of nitrogens with two attached hydrogens (primary N) is 1. The lowest BCUT2D eigenvalue weighted by molar-refractivity contribution is 0.0671. The van der Waals surface area contributed by atoms with Crippen molar-refractivity contribution in [1.29, 1.82) is 0 Å². The van der Waals surface area contributed by atoms with E-state index in [1.807, 2.05) is 13.8 Å². The molecule has 0 spiro atoms. The van der Waals surface area contributed by atoms with Crippen LogP contribution in [-0.4, -0.2) is 36.0 Å². The van der Waals surface area contributed by atoms with Crippen LogP contribution in [0.2, 0.25) is 0 Å². The summed E-state index contributed by atoms with van der Waals surface area (Å²) in [5, 5.41) is 9.48. The first-order chi connectivity index (χ1) is 6.30. The minimum Gasteiger partial charge on any atom is -0.464 e. The molecule has 1 amide bonds. The molecule has 5 heteroatoms. The maximum Gasteiger partial charge on any atom is 0.421 e. The molecule has 0 aromatic rings. The zero-order chi connectivity index (χ0) is 11.4. The van der Waals surface area contributed by atoms with Gasteiger partial charge in [-0.3, -0.25) is 0 Å². The summed E-state index contributed by atoms with van der Waals surface area (Å²) in [6.45, 7) is 6.40. The number of amides is 1. The van der Waals surface area contributed by atoms with Crippen LogP contribution >= 0.6 is 0 Å². The summed E-state index contributed by atoms with van der Waals surface area (Å²) in [6, 6.07) is -0.211. The first-order valence-corrected chi connectivity index (χ1v) is 4.56. The summed E-state index contributed by atoms with van der Waals surface area (Å²) < 4.78 is 5.04. The summed E-state index contributed by atoms with van der Waals surface area (Å²) >= 11 is 0. The lowest BCUT2D eigenvalue weighted by Crippen LogP contribution is -2.45. The van der Waals surface area contributed by atoms with E-state index >= 15 is 0 Å². The molecule has 0 saturated heterocycles. The largest absolute Gasteiger partial charge is 0.464 e. The molecule has 0 radical (unpaired) electrons. The average molecular weight is 204 g/mol. The molecule has 84 valence electrons. The minimum absolute atomic E-state index is 0.0682. The van der Waals surface area contributed by atoms with Gasteiger partial charge in [-0.2, -0.15) is 0 Å². The molecule has 3 N–H and O–H groups in total. The van der Waals surface area contributed by atoms with Crippen LogP contribution in [0.3, 0.4) is 0 Å². The average Bonchev–Trinajstić information content (AvgIpc) is 2.01. The van der Waals surface area contributed by atoms with E-state index in [0.29, 0.717) is 13.0 Å². The first-order valence-electron chi connectivity index (χ1n) is 4.56. The van der Waals surface area contributed by atoms with E-state index in [0.717, 1.165) is 5.01 Å². The lowest BCUT2D eigenvalue weighted by atomic mass is 9.87. The number of methoxy groups -OCH3 is 1. The summed E-state index contributed by atoms with van der Waals surface area (Å²) in [5.74, 6) is 5.36. The number of carboxylic acid groups (broad SMARTS) is 1. The third-order valence-electron chi connectivity index (χ3n) is 2.08. The Hall–Kier alpha value is -0.810. The summed E-state index contributed by atoms with van der Waals surface area (Å²) in [7, 11) is 1.63. The maximum absolute atomic E-state index is 10.6. The van der Waals surface area contributed by atoms with Gasteiger partial charge in [0.25, 0.3) is 0 Å². The number of ether oxygens (including phenoxy) is 1. The van der Waals surface area contributed by atoms with Gasteiger partial charge in [0.05, 0.1) is 6.61 Å². The molecular weight excluding hydrogens is 184 g/mol. The fraction of sp³-hybridized carbons (Fsp3) is 0.889. The molecule has 0 saturated carbocycles. The molecule has 1 atom stereocenters. The molecule has 0 aromatic heterocycles. The van der Waals surface area contributed by atoms with Gasteiger partial charge in [-0.05, 0) is 18.8 Å². The van der Waals surface area contributed by atoms with Gasteiger partial charge >= 0.3 is 6.09 Å². The zero-order valence-corrected chi connectivity index (χ0v) is 9.28. The van der Waals surface area contributed by atoms with Crippen molar-refractivity contribution in [3.8, 4) is 0 Å². The predicted molar refractivity (Wildman–Crippen MR) is 53.8 cm³/mol. The van der Waals surface area contributed by atoms with Gasteiger partial charge in [-0.15, -0.1) is 0 Å². The zero-order valence-electron chi connectivity index (χ0n) is 9.28. The molecule has 14 heavy (non-hydrogen) atoms. The van der Waals surface area contributed by atoms with E-state index in [9.17, 15) is 4.79 Å². The van der Waals surface area contributed by atoms with E-state index < -0.39 is 6.09 Å². The minimum atomic E-state index is -1.11. The predicted octanol–water partition coefficient (Wildman–Crippen LogP) is 1.29. The highest BCUT2D eigenvalue weighted by molar-refractivity contribution is 5.64. The van der Waals surface area contributed by atoms with E-state index in [1.54, 1.807) is 14.0 Å². The van der Waals surface area contributed by atoms with E-state index in [2.05, 4.69) is 0 Å². The van der Waals surface area contributed by atoms with Gasteiger partial charge in [0.15, 0.2) is 0 Å². The second-order valence-electron chi connectivity index (χ2n) is 4.34. The van der Waals surface area contributed by atoms with Crippen LogP contribution in [0.1, 0.15) is 27.2 Å². The smallest absolute Gasteiger partial charge is 0.421 e. The molecule has 0 aliphatic carbocycles. The van der Waals surface area contributed by atoms with Crippen molar-refractivity contribution in [2.75, 3.05) is 13.7 Å². The Kier molecular flexibility index (Phi) is 4.87. The van der Waals surface area contributed by atoms with E-state index in [-0.39, 0.29) is 11.5 Å². The van der Waals surface area contributed by atoms with Crippen molar-refractivity contribution < 1.29 is 14.6 Å². The molecule has 0 heterocycles. The van der Waals surface area contributed by atoms with Crippen molar-refractivity contribution in [2.24, 2.45) is 11.3 Å². The second kappa shape index (κ2) is 5.17. The number of carbonyl (C=O) groups is 1. The molecule has 0 aliphatic rings. The van der Waals surface area contributed by atoms with Crippen LogP contribution in [0.15, 0.2) is 0 Å². The Balaban J connectivity index is 4.16. The Labute approximate surface area is 84.8 Å². The van der Waals surface area contributed by atoms with Gasteiger partial charge in [0, 0.05) is 13.2 Å². The quantitative estimate of drug-likeness (QED) is 0.402. The number of rotatable bonds is 5. The van der Waals surface area contributed by atoms with Gasteiger partial charge in [0.2, 0.25) is 0 Å². The molecule has 0 fully saturated rings. The number of nitrogens with zero attached hydrogens (tertiary/aromatic N) is 1. The second-order valence-corrected chi connectivity index (χ2v) is 4.34. The van der Waals surface area contributed by atoms with Crippen LogP contribution in [0, 0.1) is 5.41 Å². The monoisotopic (exact) mass is 204 g/mol. The molecule has 0 rings (SSSR count). The van der Waals surface area contributed by atoms with Crippen LogP contribution in [0.5, 0.6) is 0 Å². The molecular formula is C9H20N2O3. The summed E-state index contributed by atoms with van der Waals surface area (Å²) in [5.41, 5.74) is -0.0682. The van der Waals surface area contributed by atoms with Gasteiger partial charge in [-0.25, -0.2) is 15.6 Å². The van der Waals surface area contributed by atoms with Crippen molar-refractivity contribution in [1.82, 2.24) is 5.01 Å². The van der Waals surface area contributed by atoms with Crippen molar-refractivity contribution in [3.05, 3.63) is 0 Å². The molecule has 5 nitrogen and oxygen atoms in total. The molecule has 0 aliphatic heterocycles. The van der Waals surface area contributed by atoms with Gasteiger partial charge < -0.3 is 9.84 Å². The summed E-state index contributed by atoms with van der Waals surface area (Å²) in [4.78, 5) is 10.6. The third-order valence-corrected chi connectivity index (χ3v) is 2.08. The maximum atomic E-state index is 10.6. The van der Waals surface area contributed by atoms with Crippen molar-refractivity contribution in [3.63, 3.8) is 0 Å². The van der Waals surface area contributed by atoms with Crippen molar-refractivity contribution >= 4 is 6.09 Å². The highest BCUT2D eigenvalue weighted by atomic mass is 16.5. The fourth-order valence-electron chi connectivity index (χ4n) is 1.54. The molecule has 0 aromatic carbocycles. The Morgan fingerprint density at radius 2 is 2.14 bits per heavy atom. The topological polar surface area (TPSA) is 75.8 Å². The van der Waals surface area contributed by atoms with Crippen LogP contribution < -0.4 is 5.84 Å². The Morgan fingerprint density at radius 1 is 1.64 bits per heavy atom. The SMILES string of the molecule is COCC(C)(C)CC(C)N(N)C(=O)O. The van der Waals surface area contributed by atoms with E-state index in [1.165, 1.54) is 0 Å². The normalized spacial score (nSPS) is 13.8. The fourth-order valence-corrected chi connectivity index (χ4v) is 1.54. The van der Waals surface area contributed by atoms with Gasteiger partial charge in [-0.1, -0.05) is 13.8 Å². The third kappa shape index (κ3) is 4.43. The van der Waals surface area contributed by atoms with Crippen molar-refractivity contribution in [2.45, 2.75) is 33.2 Å². The molecule has 1 unspecified atom stereocenters. The number of hydrazine groups is 1. The first kappa shape index (κ1) is 13.2. The summed E-state index contributed by atoms with van der Waals surface area (Å²) in [6.07, 6.45) is -0.436. The highest BCUT2D eigenvalue weighted by Gasteiger charge is 2.25. The Bertz CT molecular complexity index is 194. The standard InChI is InChI=1S/C9H20N2O3/c1-7(11(10)8(12)13)5-9(2,3)6-14-4/h7H,5-6,10H2,1-4H3,(H,12,13). The Morgan fingerprint density at radius 3 is 2.50 bits per heavy atom. The van der Waals surface area contributed by atoms with Crippen LogP contribution in [0.4, 0.5) is 4.79 Å². The number of hydrogen-bond donors (Lipinski definition) is 2. The number of hydrogen-bond acceptors (Lipinski definition) is 3.